The second kappa shape index (κ2) is 8.12. The molecule has 2 aromatic heterocycles. The molecular formula is C20H24N3OS2+. The molecule has 0 bridgehead atoms. The molecule has 3 aromatic rings. The molecular weight excluding hydrogens is 362 g/mol. The number of nitrogens with zero attached hydrogens (tertiary/aromatic N) is 2. The number of quaternary nitrogens is 1. The fourth-order valence-electron chi connectivity index (χ4n) is 2.59. The van der Waals surface area contributed by atoms with Gasteiger partial charge in [0.1, 0.15) is 0 Å². The van der Waals surface area contributed by atoms with Crippen molar-refractivity contribution < 1.29 is 9.69 Å². The highest BCUT2D eigenvalue weighted by Gasteiger charge is 2.19. The average Bonchev–Trinajstić information content (AvgIpc) is 3.26. The van der Waals surface area contributed by atoms with Crippen molar-refractivity contribution in [3.8, 4) is 0 Å². The van der Waals surface area contributed by atoms with Crippen LogP contribution in [-0.2, 0) is 4.79 Å². The second-order valence-electron chi connectivity index (χ2n) is 6.65. The number of carbonyl (C=O) groups is 1. The maximum atomic E-state index is 12.9. The lowest BCUT2D eigenvalue weighted by Gasteiger charge is -2.19. The van der Waals surface area contributed by atoms with E-state index in [1.165, 1.54) is 16.0 Å². The SMILES string of the molecule is Cc1ccc2sc(N(CC[NH+](C)C)C(=O)/C=C/c3cccs3)nc2c1C. The Hall–Kier alpha value is -2.02. The van der Waals surface area contributed by atoms with Crippen LogP contribution in [0.2, 0.25) is 0 Å². The van der Waals surface area contributed by atoms with Gasteiger partial charge in [-0.25, -0.2) is 4.98 Å². The fraction of sp³-hybridized carbons (Fsp3) is 0.300. The molecule has 136 valence electrons. The second-order valence-corrected chi connectivity index (χ2v) is 8.63. The number of anilines is 1. The van der Waals surface area contributed by atoms with E-state index in [4.69, 9.17) is 4.98 Å². The van der Waals surface area contributed by atoms with E-state index in [2.05, 4.69) is 40.1 Å². The van der Waals surface area contributed by atoms with Crippen LogP contribution < -0.4 is 9.80 Å². The molecule has 1 N–H and O–H groups in total. The number of rotatable bonds is 6. The van der Waals surface area contributed by atoms with E-state index >= 15 is 0 Å². The Morgan fingerprint density at radius 3 is 2.77 bits per heavy atom. The first-order valence-electron chi connectivity index (χ1n) is 8.64. The number of benzene rings is 1. The molecule has 1 aromatic carbocycles. The topological polar surface area (TPSA) is 37.6 Å². The minimum Gasteiger partial charge on any atom is -0.338 e. The maximum absolute atomic E-state index is 12.9. The summed E-state index contributed by atoms with van der Waals surface area (Å²) in [5, 5.41) is 2.78. The number of hydrogen-bond acceptors (Lipinski definition) is 4. The number of aromatic nitrogens is 1. The largest absolute Gasteiger partial charge is 0.338 e. The lowest BCUT2D eigenvalue weighted by atomic mass is 10.1. The third-order valence-electron chi connectivity index (χ3n) is 4.34. The van der Waals surface area contributed by atoms with Crippen molar-refractivity contribution >= 4 is 50.0 Å². The molecule has 3 rings (SSSR count). The molecule has 26 heavy (non-hydrogen) atoms. The number of thiophene rings is 1. The van der Waals surface area contributed by atoms with Crippen LogP contribution >= 0.6 is 22.7 Å². The van der Waals surface area contributed by atoms with E-state index in [0.29, 0.717) is 6.54 Å². The monoisotopic (exact) mass is 386 g/mol. The highest BCUT2D eigenvalue weighted by atomic mass is 32.1. The molecule has 0 unspecified atom stereocenters. The van der Waals surface area contributed by atoms with Gasteiger partial charge in [0.15, 0.2) is 5.13 Å². The molecule has 0 radical (unpaired) electrons. The standard InChI is InChI=1S/C20H23N3OS2/c1-14-7-9-17-19(15(14)2)21-20(26-17)23(12-11-22(3)4)18(24)10-8-16-6-5-13-25-16/h5-10,13H,11-12H2,1-4H3/p+1/b10-8+. The van der Waals surface area contributed by atoms with Gasteiger partial charge in [-0.15, -0.1) is 11.3 Å². The van der Waals surface area contributed by atoms with Gasteiger partial charge < -0.3 is 4.90 Å². The molecule has 6 heteroatoms. The Morgan fingerprint density at radius 2 is 2.08 bits per heavy atom. The molecule has 0 aliphatic rings. The summed E-state index contributed by atoms with van der Waals surface area (Å²) in [6, 6.07) is 8.21. The van der Waals surface area contributed by atoms with E-state index in [9.17, 15) is 4.79 Å². The third-order valence-corrected chi connectivity index (χ3v) is 6.22. The van der Waals surface area contributed by atoms with Crippen molar-refractivity contribution in [2.24, 2.45) is 0 Å². The molecule has 0 aliphatic carbocycles. The fourth-order valence-corrected chi connectivity index (χ4v) is 4.27. The summed E-state index contributed by atoms with van der Waals surface area (Å²) in [5.41, 5.74) is 3.41. The van der Waals surface area contributed by atoms with Crippen LogP contribution in [0.4, 0.5) is 5.13 Å². The first-order chi connectivity index (χ1) is 12.5. The van der Waals surface area contributed by atoms with Gasteiger partial charge >= 0.3 is 0 Å². The minimum atomic E-state index is -0.0203. The van der Waals surface area contributed by atoms with Gasteiger partial charge in [-0.2, -0.15) is 0 Å². The van der Waals surface area contributed by atoms with Gasteiger partial charge in [-0.3, -0.25) is 9.69 Å². The van der Waals surface area contributed by atoms with Crippen LogP contribution in [0.15, 0.2) is 35.7 Å². The number of hydrogen-bond donors (Lipinski definition) is 1. The molecule has 0 aliphatic heterocycles. The van der Waals surface area contributed by atoms with Crippen LogP contribution in [-0.4, -0.2) is 38.1 Å². The summed E-state index contributed by atoms with van der Waals surface area (Å²) >= 11 is 3.21. The van der Waals surface area contributed by atoms with Gasteiger partial charge in [0.25, 0.3) is 5.91 Å². The van der Waals surface area contributed by atoms with Crippen molar-refractivity contribution in [3.05, 3.63) is 51.7 Å². The lowest BCUT2D eigenvalue weighted by Crippen LogP contribution is -3.06. The third kappa shape index (κ3) is 4.20. The molecule has 1 amide bonds. The molecule has 4 nitrogen and oxygen atoms in total. The Labute approximate surface area is 162 Å². The Balaban J connectivity index is 1.92. The van der Waals surface area contributed by atoms with E-state index in [1.807, 2.05) is 23.6 Å². The first kappa shape index (κ1) is 18.8. The number of nitrogens with one attached hydrogen (secondary N) is 1. The van der Waals surface area contributed by atoms with Crippen molar-refractivity contribution in [3.63, 3.8) is 0 Å². The highest BCUT2D eigenvalue weighted by Crippen LogP contribution is 2.32. The van der Waals surface area contributed by atoms with E-state index in [-0.39, 0.29) is 5.91 Å². The number of thiazole rings is 1. The number of aryl methyl sites for hydroxylation is 2. The molecule has 0 spiro atoms. The summed E-state index contributed by atoms with van der Waals surface area (Å²) in [7, 11) is 4.19. The Bertz CT molecular complexity index is 926. The zero-order valence-corrected chi connectivity index (χ0v) is 17.2. The van der Waals surface area contributed by atoms with Gasteiger partial charge in [0.2, 0.25) is 0 Å². The number of carbonyl (C=O) groups excluding carboxylic acids is 1. The Morgan fingerprint density at radius 1 is 1.27 bits per heavy atom. The predicted molar refractivity (Wildman–Crippen MR) is 112 cm³/mol. The molecule has 0 atom stereocenters. The average molecular weight is 387 g/mol. The number of likely N-dealkylation sites (N-methyl/N-ethyl adjacent to an activating group) is 1. The van der Waals surface area contributed by atoms with E-state index in [0.717, 1.165) is 26.8 Å². The lowest BCUT2D eigenvalue weighted by molar-refractivity contribution is -0.856. The van der Waals surface area contributed by atoms with E-state index in [1.54, 1.807) is 33.6 Å². The van der Waals surface area contributed by atoms with Crippen LogP contribution in [0.5, 0.6) is 0 Å². The van der Waals surface area contributed by atoms with Gasteiger partial charge in [0, 0.05) is 11.0 Å². The normalized spacial score (nSPS) is 11.7. The van der Waals surface area contributed by atoms with E-state index < -0.39 is 0 Å². The summed E-state index contributed by atoms with van der Waals surface area (Å²) in [6.45, 7) is 5.70. The Kier molecular flexibility index (Phi) is 5.86. The predicted octanol–water partition coefficient (Wildman–Crippen LogP) is 3.17. The van der Waals surface area contributed by atoms with Crippen LogP contribution in [0, 0.1) is 13.8 Å². The maximum Gasteiger partial charge on any atom is 0.253 e. The quantitative estimate of drug-likeness (QED) is 0.661. The van der Waals surface area contributed by atoms with Crippen molar-refractivity contribution in [1.82, 2.24) is 4.98 Å². The molecule has 2 heterocycles. The zero-order valence-electron chi connectivity index (χ0n) is 15.6. The van der Waals surface area contributed by atoms with Crippen LogP contribution in [0.1, 0.15) is 16.0 Å². The summed E-state index contributed by atoms with van der Waals surface area (Å²) in [5.74, 6) is -0.0203. The van der Waals surface area contributed by atoms with Gasteiger partial charge in [0.05, 0.1) is 37.4 Å². The van der Waals surface area contributed by atoms with Crippen LogP contribution in [0.25, 0.3) is 16.3 Å². The van der Waals surface area contributed by atoms with Crippen molar-refractivity contribution in [2.45, 2.75) is 13.8 Å². The molecule has 0 saturated heterocycles. The van der Waals surface area contributed by atoms with Crippen molar-refractivity contribution in [1.29, 1.82) is 0 Å². The number of amides is 1. The van der Waals surface area contributed by atoms with Crippen molar-refractivity contribution in [2.75, 3.05) is 32.1 Å². The molecule has 0 fully saturated rings. The molecule has 0 saturated carbocycles. The summed E-state index contributed by atoms with van der Waals surface area (Å²) in [6.07, 6.45) is 3.53. The van der Waals surface area contributed by atoms with Crippen LogP contribution in [0.3, 0.4) is 0 Å². The van der Waals surface area contributed by atoms with Gasteiger partial charge in [-0.1, -0.05) is 23.5 Å². The number of fused-ring (bicyclic) bond motifs is 1. The summed E-state index contributed by atoms with van der Waals surface area (Å²) < 4.78 is 1.13. The highest BCUT2D eigenvalue weighted by molar-refractivity contribution is 7.22. The smallest absolute Gasteiger partial charge is 0.253 e. The first-order valence-corrected chi connectivity index (χ1v) is 10.3. The summed E-state index contributed by atoms with van der Waals surface area (Å²) in [4.78, 5) is 21.9. The minimum absolute atomic E-state index is 0.0203. The zero-order chi connectivity index (χ0) is 18.7. The van der Waals surface area contributed by atoms with Gasteiger partial charge in [-0.05, 0) is 48.6 Å².